The molecule has 0 amide bonds. The highest BCUT2D eigenvalue weighted by molar-refractivity contribution is 7.11. The van der Waals surface area contributed by atoms with Crippen LogP contribution < -0.4 is 10.6 Å². The maximum absolute atomic E-state index is 4.50. The van der Waals surface area contributed by atoms with Crippen LogP contribution in [0.25, 0.3) is 0 Å². The van der Waals surface area contributed by atoms with Gasteiger partial charge in [0, 0.05) is 18.1 Å². The molecule has 2 aromatic heterocycles. The monoisotopic (exact) mass is 289 g/mol. The molecule has 2 heterocycles. The van der Waals surface area contributed by atoms with Crippen molar-refractivity contribution in [1.29, 1.82) is 0 Å². The second-order valence-electron chi connectivity index (χ2n) is 4.35. The van der Waals surface area contributed by atoms with E-state index in [0.717, 1.165) is 22.4 Å². The van der Waals surface area contributed by atoms with Crippen LogP contribution in [0.4, 0.5) is 0 Å². The lowest BCUT2D eigenvalue weighted by Crippen LogP contribution is -2.36. The highest BCUT2D eigenvalue weighted by Crippen LogP contribution is 2.15. The standard InChI is InChI=1S/C14H19N5S/c1-10-11(2)20-13(19-10)9-18-14(15-3)17-8-12-6-4-5-7-16-12/h4-7H,8-9H2,1-3H3,(H2,15,17,18). The molecule has 0 unspecified atom stereocenters. The topological polar surface area (TPSA) is 62.2 Å². The van der Waals surface area contributed by atoms with Gasteiger partial charge in [0.1, 0.15) is 5.01 Å². The number of hydrogen-bond donors (Lipinski definition) is 2. The fourth-order valence-electron chi connectivity index (χ4n) is 1.67. The van der Waals surface area contributed by atoms with E-state index in [9.17, 15) is 0 Å². The number of rotatable bonds is 4. The summed E-state index contributed by atoms with van der Waals surface area (Å²) >= 11 is 1.71. The van der Waals surface area contributed by atoms with E-state index in [1.54, 1.807) is 24.6 Å². The average molecular weight is 289 g/mol. The fraction of sp³-hybridized carbons (Fsp3) is 0.357. The molecule has 0 aliphatic heterocycles. The number of guanidine groups is 1. The van der Waals surface area contributed by atoms with Gasteiger partial charge in [0.15, 0.2) is 5.96 Å². The smallest absolute Gasteiger partial charge is 0.191 e. The summed E-state index contributed by atoms with van der Waals surface area (Å²) in [5.74, 6) is 0.751. The van der Waals surface area contributed by atoms with Crippen molar-refractivity contribution < 1.29 is 0 Å². The summed E-state index contributed by atoms with van der Waals surface area (Å²) in [5, 5.41) is 7.56. The minimum atomic E-state index is 0.649. The molecular weight excluding hydrogens is 270 g/mol. The van der Waals surface area contributed by atoms with E-state index >= 15 is 0 Å². The highest BCUT2D eigenvalue weighted by atomic mass is 32.1. The van der Waals surface area contributed by atoms with E-state index in [1.165, 1.54) is 4.88 Å². The molecule has 0 aliphatic carbocycles. The molecule has 106 valence electrons. The molecule has 0 aromatic carbocycles. The van der Waals surface area contributed by atoms with Gasteiger partial charge < -0.3 is 10.6 Å². The molecule has 5 nitrogen and oxygen atoms in total. The Kier molecular flexibility index (Phi) is 5.06. The third-order valence-electron chi connectivity index (χ3n) is 2.87. The van der Waals surface area contributed by atoms with E-state index in [-0.39, 0.29) is 0 Å². The molecular formula is C14H19N5S. The van der Waals surface area contributed by atoms with Gasteiger partial charge in [-0.3, -0.25) is 9.98 Å². The van der Waals surface area contributed by atoms with E-state index in [1.807, 2.05) is 25.1 Å². The molecule has 0 saturated heterocycles. The van der Waals surface area contributed by atoms with Crippen LogP contribution in [-0.2, 0) is 13.1 Å². The van der Waals surface area contributed by atoms with Crippen molar-refractivity contribution in [3.05, 3.63) is 45.7 Å². The van der Waals surface area contributed by atoms with Gasteiger partial charge in [-0.15, -0.1) is 11.3 Å². The Hall–Kier alpha value is -1.95. The largest absolute Gasteiger partial charge is 0.351 e. The molecule has 0 radical (unpaired) electrons. The maximum Gasteiger partial charge on any atom is 0.191 e. The van der Waals surface area contributed by atoms with Gasteiger partial charge in [-0.05, 0) is 26.0 Å². The van der Waals surface area contributed by atoms with Gasteiger partial charge in [-0.2, -0.15) is 0 Å². The third kappa shape index (κ3) is 4.03. The minimum Gasteiger partial charge on any atom is -0.351 e. The Balaban J connectivity index is 1.84. The van der Waals surface area contributed by atoms with Crippen molar-refractivity contribution in [3.8, 4) is 0 Å². The van der Waals surface area contributed by atoms with Crippen LogP contribution in [0.5, 0.6) is 0 Å². The van der Waals surface area contributed by atoms with Crippen LogP contribution in [0.1, 0.15) is 21.3 Å². The summed E-state index contributed by atoms with van der Waals surface area (Å²) in [4.78, 5) is 14.2. The minimum absolute atomic E-state index is 0.649. The van der Waals surface area contributed by atoms with Crippen LogP contribution in [0.3, 0.4) is 0 Å². The van der Waals surface area contributed by atoms with Gasteiger partial charge in [0.25, 0.3) is 0 Å². The number of nitrogens with one attached hydrogen (secondary N) is 2. The van der Waals surface area contributed by atoms with Crippen molar-refractivity contribution in [3.63, 3.8) is 0 Å². The Morgan fingerprint density at radius 2 is 2.05 bits per heavy atom. The van der Waals surface area contributed by atoms with Crippen LogP contribution in [0, 0.1) is 13.8 Å². The van der Waals surface area contributed by atoms with Crippen LogP contribution >= 0.6 is 11.3 Å². The van der Waals surface area contributed by atoms with Gasteiger partial charge in [0.05, 0.1) is 24.5 Å². The number of aryl methyl sites for hydroxylation is 2. The Labute approximate surface area is 123 Å². The molecule has 2 N–H and O–H groups in total. The number of aromatic nitrogens is 2. The third-order valence-corrected chi connectivity index (χ3v) is 3.94. The van der Waals surface area contributed by atoms with Crippen molar-refractivity contribution >= 4 is 17.3 Å². The molecule has 0 aliphatic rings. The molecule has 6 heteroatoms. The van der Waals surface area contributed by atoms with Crippen molar-refractivity contribution in [2.75, 3.05) is 7.05 Å². The highest BCUT2D eigenvalue weighted by Gasteiger charge is 2.04. The number of thiazole rings is 1. The SMILES string of the molecule is CN=C(NCc1ccccn1)NCc1nc(C)c(C)s1. The summed E-state index contributed by atoms with van der Waals surface area (Å²) in [7, 11) is 1.76. The first-order valence-electron chi connectivity index (χ1n) is 6.46. The summed E-state index contributed by atoms with van der Waals surface area (Å²) in [5.41, 5.74) is 2.08. The lowest BCUT2D eigenvalue weighted by molar-refractivity contribution is 0.790. The molecule has 2 rings (SSSR count). The Morgan fingerprint density at radius 1 is 1.25 bits per heavy atom. The first-order valence-corrected chi connectivity index (χ1v) is 7.28. The predicted octanol–water partition coefficient (Wildman–Crippen LogP) is 2.02. The van der Waals surface area contributed by atoms with E-state index in [2.05, 4.69) is 32.5 Å². The molecule has 0 saturated carbocycles. The first-order chi connectivity index (χ1) is 9.69. The number of aliphatic imine (C=N–C) groups is 1. The van der Waals surface area contributed by atoms with E-state index in [0.29, 0.717) is 13.1 Å². The summed E-state index contributed by atoms with van der Waals surface area (Å²) < 4.78 is 0. The van der Waals surface area contributed by atoms with Gasteiger partial charge in [-0.1, -0.05) is 6.07 Å². The molecule has 0 fully saturated rings. The average Bonchev–Trinajstić information content (AvgIpc) is 2.79. The maximum atomic E-state index is 4.50. The van der Waals surface area contributed by atoms with Gasteiger partial charge in [-0.25, -0.2) is 4.98 Å². The lowest BCUT2D eigenvalue weighted by atomic mass is 10.3. The van der Waals surface area contributed by atoms with Crippen molar-refractivity contribution in [2.45, 2.75) is 26.9 Å². The van der Waals surface area contributed by atoms with E-state index < -0.39 is 0 Å². The Bertz CT molecular complexity index is 557. The molecule has 0 atom stereocenters. The Morgan fingerprint density at radius 3 is 2.65 bits per heavy atom. The molecule has 20 heavy (non-hydrogen) atoms. The van der Waals surface area contributed by atoms with E-state index in [4.69, 9.17) is 0 Å². The van der Waals surface area contributed by atoms with Crippen molar-refractivity contribution in [1.82, 2.24) is 20.6 Å². The quantitative estimate of drug-likeness (QED) is 0.668. The number of hydrogen-bond acceptors (Lipinski definition) is 4. The van der Waals surface area contributed by atoms with Crippen LogP contribution in [-0.4, -0.2) is 23.0 Å². The van der Waals surface area contributed by atoms with Gasteiger partial charge in [0.2, 0.25) is 0 Å². The van der Waals surface area contributed by atoms with Crippen LogP contribution in [0.15, 0.2) is 29.4 Å². The molecule has 0 spiro atoms. The second kappa shape index (κ2) is 7.00. The number of nitrogens with zero attached hydrogens (tertiary/aromatic N) is 3. The lowest BCUT2D eigenvalue weighted by Gasteiger charge is -2.10. The zero-order chi connectivity index (χ0) is 14.4. The fourth-order valence-corrected chi connectivity index (χ4v) is 2.55. The summed E-state index contributed by atoms with van der Waals surface area (Å²) in [6, 6.07) is 5.86. The normalized spacial score (nSPS) is 11.4. The van der Waals surface area contributed by atoms with Crippen molar-refractivity contribution in [2.24, 2.45) is 4.99 Å². The van der Waals surface area contributed by atoms with Gasteiger partial charge >= 0.3 is 0 Å². The molecule has 0 bridgehead atoms. The summed E-state index contributed by atoms with van der Waals surface area (Å²) in [6.07, 6.45) is 1.79. The first kappa shape index (κ1) is 14.5. The number of pyridine rings is 1. The summed E-state index contributed by atoms with van der Waals surface area (Å²) in [6.45, 7) is 5.45. The second-order valence-corrected chi connectivity index (χ2v) is 5.64. The molecule has 2 aromatic rings. The zero-order valence-corrected chi connectivity index (χ0v) is 12.8. The zero-order valence-electron chi connectivity index (χ0n) is 12.0. The van der Waals surface area contributed by atoms with Crippen LogP contribution in [0.2, 0.25) is 0 Å². The predicted molar refractivity (Wildman–Crippen MR) is 82.9 cm³/mol.